The fourth-order valence-electron chi connectivity index (χ4n) is 2.89. The van der Waals surface area contributed by atoms with E-state index >= 15 is 0 Å². The predicted octanol–water partition coefficient (Wildman–Crippen LogP) is 3.02. The largest absolute Gasteiger partial charge is 0.347 e. The SMILES string of the molecule is Cc1cc(F)c(-c2nnc(N(C)C)[nH]2)cc1NC(=O)c1cnn2cc(F)ccc12. The number of rotatable bonds is 4. The third-order valence-corrected chi connectivity index (χ3v) is 4.44. The third kappa shape index (κ3) is 3.40. The molecule has 0 saturated carbocycles. The standard InChI is InChI=1S/C19H17F2N7O/c1-10-6-14(21)12(17-24-19(26-25-17)27(2)3)7-15(10)23-18(29)13-8-22-28-9-11(20)4-5-16(13)28/h4-9H,1-3H3,(H,23,29)(H,24,25,26). The van der Waals surface area contributed by atoms with Gasteiger partial charge in [-0.1, -0.05) is 0 Å². The fraction of sp³-hybridized carbons (Fsp3) is 0.158. The Bertz CT molecular complexity index is 1230. The molecule has 4 aromatic rings. The van der Waals surface area contributed by atoms with E-state index in [-0.39, 0.29) is 17.0 Å². The average molecular weight is 397 g/mol. The molecule has 0 atom stereocenters. The molecule has 0 unspecified atom stereocenters. The van der Waals surface area contributed by atoms with Gasteiger partial charge < -0.3 is 15.2 Å². The van der Waals surface area contributed by atoms with Crippen molar-refractivity contribution < 1.29 is 13.6 Å². The van der Waals surface area contributed by atoms with E-state index in [9.17, 15) is 13.6 Å². The molecule has 0 aliphatic rings. The zero-order valence-corrected chi connectivity index (χ0v) is 15.9. The van der Waals surface area contributed by atoms with Crippen LogP contribution in [0.4, 0.5) is 20.4 Å². The minimum absolute atomic E-state index is 0.174. The summed E-state index contributed by atoms with van der Waals surface area (Å²) >= 11 is 0. The maximum Gasteiger partial charge on any atom is 0.259 e. The van der Waals surface area contributed by atoms with Crippen molar-refractivity contribution >= 4 is 23.1 Å². The molecule has 3 heterocycles. The van der Waals surface area contributed by atoms with Crippen LogP contribution in [0.1, 0.15) is 15.9 Å². The number of aromatic amines is 1. The summed E-state index contributed by atoms with van der Waals surface area (Å²) in [6.07, 6.45) is 2.53. The lowest BCUT2D eigenvalue weighted by atomic mass is 10.1. The number of pyridine rings is 1. The van der Waals surface area contributed by atoms with E-state index in [1.807, 2.05) is 0 Å². The molecule has 0 saturated heterocycles. The number of anilines is 2. The van der Waals surface area contributed by atoms with Gasteiger partial charge in [0.05, 0.1) is 29.0 Å². The van der Waals surface area contributed by atoms with E-state index in [4.69, 9.17) is 0 Å². The van der Waals surface area contributed by atoms with E-state index in [2.05, 4.69) is 25.6 Å². The molecule has 0 spiro atoms. The van der Waals surface area contributed by atoms with E-state index in [0.717, 1.165) is 0 Å². The lowest BCUT2D eigenvalue weighted by molar-refractivity contribution is 0.102. The number of aromatic nitrogens is 5. The highest BCUT2D eigenvalue weighted by molar-refractivity contribution is 6.09. The summed E-state index contributed by atoms with van der Waals surface area (Å²) in [6.45, 7) is 1.68. The Kier molecular flexibility index (Phi) is 4.45. The molecule has 2 N–H and O–H groups in total. The van der Waals surface area contributed by atoms with Gasteiger partial charge in [0, 0.05) is 19.8 Å². The first-order valence-electron chi connectivity index (χ1n) is 8.68. The molecule has 0 radical (unpaired) electrons. The van der Waals surface area contributed by atoms with Crippen molar-refractivity contribution in [2.24, 2.45) is 0 Å². The van der Waals surface area contributed by atoms with Gasteiger partial charge in [0.15, 0.2) is 5.82 Å². The maximum absolute atomic E-state index is 14.5. The second-order valence-corrected chi connectivity index (χ2v) is 6.73. The molecular formula is C19H17F2N7O. The number of amides is 1. The van der Waals surface area contributed by atoms with Gasteiger partial charge in [0.1, 0.15) is 11.6 Å². The number of benzene rings is 1. The summed E-state index contributed by atoms with van der Waals surface area (Å²) in [5.41, 5.74) is 1.85. The summed E-state index contributed by atoms with van der Waals surface area (Å²) in [5.74, 6) is -0.680. The Morgan fingerprint density at radius 1 is 1.21 bits per heavy atom. The maximum atomic E-state index is 14.5. The molecule has 1 amide bonds. The zero-order valence-electron chi connectivity index (χ0n) is 15.9. The smallest absolute Gasteiger partial charge is 0.259 e. The number of nitrogens with one attached hydrogen (secondary N) is 2. The van der Waals surface area contributed by atoms with Crippen molar-refractivity contribution in [2.45, 2.75) is 6.92 Å². The normalized spacial score (nSPS) is 11.1. The molecule has 3 aromatic heterocycles. The monoisotopic (exact) mass is 397 g/mol. The minimum atomic E-state index is -0.492. The van der Waals surface area contributed by atoms with E-state index in [0.29, 0.717) is 22.7 Å². The third-order valence-electron chi connectivity index (χ3n) is 4.44. The molecule has 0 aliphatic heterocycles. The first kappa shape index (κ1) is 18.5. The van der Waals surface area contributed by atoms with Crippen molar-refractivity contribution in [2.75, 3.05) is 24.3 Å². The van der Waals surface area contributed by atoms with Crippen LogP contribution >= 0.6 is 0 Å². The highest BCUT2D eigenvalue weighted by atomic mass is 19.1. The number of halogens is 2. The summed E-state index contributed by atoms with van der Waals surface area (Å²) in [6, 6.07) is 5.53. The van der Waals surface area contributed by atoms with Crippen molar-refractivity contribution in [3.05, 3.63) is 59.4 Å². The summed E-state index contributed by atoms with van der Waals surface area (Å²) in [4.78, 5) is 17.4. The zero-order chi connectivity index (χ0) is 20.7. The predicted molar refractivity (Wildman–Crippen MR) is 104 cm³/mol. The minimum Gasteiger partial charge on any atom is -0.347 e. The number of hydrogen-bond donors (Lipinski definition) is 2. The number of nitrogens with zero attached hydrogens (tertiary/aromatic N) is 5. The van der Waals surface area contributed by atoms with Gasteiger partial charge in [0.2, 0.25) is 5.95 Å². The van der Waals surface area contributed by atoms with Crippen LogP contribution in [0, 0.1) is 18.6 Å². The van der Waals surface area contributed by atoms with Gasteiger partial charge in [-0.05, 0) is 36.8 Å². The first-order chi connectivity index (χ1) is 13.8. The van der Waals surface area contributed by atoms with Crippen LogP contribution in [0.25, 0.3) is 16.9 Å². The van der Waals surface area contributed by atoms with Crippen LogP contribution in [0.5, 0.6) is 0 Å². The van der Waals surface area contributed by atoms with E-state index < -0.39 is 17.5 Å². The highest BCUT2D eigenvalue weighted by Crippen LogP contribution is 2.28. The van der Waals surface area contributed by atoms with Gasteiger partial charge in [-0.3, -0.25) is 4.79 Å². The van der Waals surface area contributed by atoms with Crippen LogP contribution in [0.15, 0.2) is 36.7 Å². The van der Waals surface area contributed by atoms with Crippen LogP contribution in [0.2, 0.25) is 0 Å². The Morgan fingerprint density at radius 3 is 2.72 bits per heavy atom. The first-order valence-corrected chi connectivity index (χ1v) is 8.68. The Morgan fingerprint density at radius 2 is 2.00 bits per heavy atom. The molecule has 8 nitrogen and oxygen atoms in total. The summed E-state index contributed by atoms with van der Waals surface area (Å²) in [7, 11) is 3.56. The van der Waals surface area contributed by atoms with E-state index in [1.165, 1.54) is 41.2 Å². The van der Waals surface area contributed by atoms with Gasteiger partial charge in [-0.2, -0.15) is 5.10 Å². The lowest BCUT2D eigenvalue weighted by Crippen LogP contribution is -2.13. The quantitative estimate of drug-likeness (QED) is 0.552. The molecule has 10 heteroatoms. The van der Waals surface area contributed by atoms with Crippen LogP contribution in [-0.4, -0.2) is 44.8 Å². The van der Waals surface area contributed by atoms with Crippen LogP contribution in [-0.2, 0) is 0 Å². The number of carbonyl (C=O) groups excluding carboxylic acids is 1. The van der Waals surface area contributed by atoms with Crippen molar-refractivity contribution in [1.29, 1.82) is 0 Å². The molecular weight excluding hydrogens is 380 g/mol. The number of hydrogen-bond acceptors (Lipinski definition) is 5. The van der Waals surface area contributed by atoms with Gasteiger partial charge in [0.25, 0.3) is 5.91 Å². The highest BCUT2D eigenvalue weighted by Gasteiger charge is 2.18. The van der Waals surface area contributed by atoms with Gasteiger partial charge >= 0.3 is 0 Å². The van der Waals surface area contributed by atoms with Crippen molar-refractivity contribution in [3.8, 4) is 11.4 Å². The molecule has 0 bridgehead atoms. The van der Waals surface area contributed by atoms with Gasteiger partial charge in [-0.15, -0.1) is 10.2 Å². The number of H-pyrrole nitrogens is 1. The number of carbonyl (C=O) groups is 1. The van der Waals surface area contributed by atoms with Crippen LogP contribution in [0.3, 0.4) is 0 Å². The summed E-state index contributed by atoms with van der Waals surface area (Å²) in [5, 5.41) is 14.7. The Hall–Kier alpha value is -3.82. The molecule has 148 valence electrons. The molecule has 0 fully saturated rings. The second kappa shape index (κ2) is 6.97. The number of aryl methyl sites for hydroxylation is 1. The average Bonchev–Trinajstić information content (AvgIpc) is 3.30. The van der Waals surface area contributed by atoms with E-state index in [1.54, 1.807) is 25.9 Å². The molecule has 29 heavy (non-hydrogen) atoms. The van der Waals surface area contributed by atoms with Gasteiger partial charge in [-0.25, -0.2) is 13.3 Å². The van der Waals surface area contributed by atoms with Crippen LogP contribution < -0.4 is 10.2 Å². The topological polar surface area (TPSA) is 91.2 Å². The lowest BCUT2D eigenvalue weighted by Gasteiger charge is -2.11. The summed E-state index contributed by atoms with van der Waals surface area (Å²) < 4.78 is 29.1. The molecule has 4 rings (SSSR count). The van der Waals surface area contributed by atoms with Crippen molar-refractivity contribution in [1.82, 2.24) is 24.8 Å². The fourth-order valence-corrected chi connectivity index (χ4v) is 2.89. The Balaban J connectivity index is 1.68. The Labute approximate surface area is 164 Å². The van der Waals surface area contributed by atoms with Crippen molar-refractivity contribution in [3.63, 3.8) is 0 Å². The number of fused-ring (bicyclic) bond motifs is 1. The second-order valence-electron chi connectivity index (χ2n) is 6.73. The molecule has 0 aliphatic carbocycles. The molecule has 1 aromatic carbocycles.